The first-order chi connectivity index (χ1) is 9.94. The topological polar surface area (TPSA) is 91.3 Å². The van der Waals surface area contributed by atoms with Gasteiger partial charge in [0.25, 0.3) is 0 Å². The Hall–Kier alpha value is -0.830. The van der Waals surface area contributed by atoms with Crippen LogP contribution in [-0.2, 0) is 28.4 Å². The number of carbonyl (C=O) groups excluding carboxylic acids is 2. The normalized spacial score (nSPS) is 36.9. The lowest BCUT2D eigenvalue weighted by atomic mass is 9.83. The molecular formula is C13H18O7S. The number of hydrogen-bond acceptors (Lipinski definition) is 8. The van der Waals surface area contributed by atoms with Crippen molar-refractivity contribution in [2.24, 2.45) is 23.7 Å². The van der Waals surface area contributed by atoms with Crippen LogP contribution in [0.15, 0.2) is 0 Å². The van der Waals surface area contributed by atoms with Crippen LogP contribution in [0.4, 0.5) is 0 Å². The summed E-state index contributed by atoms with van der Waals surface area (Å²) in [6.45, 7) is 3.45. The second kappa shape index (κ2) is 5.42. The fraction of sp³-hybridized carbons (Fsp3) is 0.846. The molecule has 2 bridgehead atoms. The van der Waals surface area contributed by atoms with Crippen molar-refractivity contribution in [1.82, 2.24) is 0 Å². The van der Waals surface area contributed by atoms with E-state index in [9.17, 15) is 9.59 Å². The van der Waals surface area contributed by atoms with Gasteiger partial charge < -0.3 is 9.47 Å². The first-order valence-electron chi connectivity index (χ1n) is 6.97. The Labute approximate surface area is 126 Å². The molecule has 0 spiro atoms. The van der Waals surface area contributed by atoms with Crippen molar-refractivity contribution in [1.29, 1.82) is 0 Å². The smallest absolute Gasteiger partial charge is 0.324 e. The predicted molar refractivity (Wildman–Crippen MR) is 70.5 cm³/mol. The fourth-order valence-corrected chi connectivity index (χ4v) is 4.12. The maximum Gasteiger partial charge on any atom is 0.324 e. The van der Waals surface area contributed by atoms with Gasteiger partial charge in [-0.25, -0.2) is 5.26 Å². The molecule has 0 aromatic heterocycles. The molecule has 3 fully saturated rings. The van der Waals surface area contributed by atoms with Crippen LogP contribution in [0.25, 0.3) is 0 Å². The molecule has 3 aliphatic rings. The lowest BCUT2D eigenvalue weighted by Crippen LogP contribution is -2.36. The molecule has 1 heterocycles. The molecule has 5 unspecified atom stereocenters. The van der Waals surface area contributed by atoms with Crippen LogP contribution in [0, 0.1) is 23.7 Å². The fourth-order valence-electron chi connectivity index (χ4n) is 3.79. The summed E-state index contributed by atoms with van der Waals surface area (Å²) in [5.41, 5.74) is 0. The zero-order chi connectivity index (χ0) is 15.2. The number of hydrogen-bond donors (Lipinski definition) is 1. The Morgan fingerprint density at radius 3 is 2.95 bits per heavy atom. The van der Waals surface area contributed by atoms with Crippen LogP contribution in [0.3, 0.4) is 0 Å². The molecule has 0 aromatic rings. The van der Waals surface area contributed by atoms with E-state index < -0.39 is 10.7 Å². The van der Waals surface area contributed by atoms with Gasteiger partial charge in [0, 0.05) is 11.8 Å². The average molecular weight is 318 g/mol. The minimum Gasteiger partial charge on any atom is -0.464 e. The maximum atomic E-state index is 12.0. The van der Waals surface area contributed by atoms with Crippen LogP contribution >= 0.6 is 12.0 Å². The van der Waals surface area contributed by atoms with Gasteiger partial charge in [-0.1, -0.05) is 5.04 Å². The zero-order valence-electron chi connectivity index (χ0n) is 11.8. The van der Waals surface area contributed by atoms with Crippen molar-refractivity contribution in [2.45, 2.75) is 37.5 Å². The van der Waals surface area contributed by atoms with Crippen molar-refractivity contribution in [2.75, 3.05) is 6.61 Å². The maximum absolute atomic E-state index is 12.0. The van der Waals surface area contributed by atoms with Gasteiger partial charge in [0.15, 0.2) is 0 Å². The van der Waals surface area contributed by atoms with Crippen LogP contribution < -0.4 is 0 Å². The van der Waals surface area contributed by atoms with E-state index in [1.165, 1.54) is 0 Å². The summed E-state index contributed by atoms with van der Waals surface area (Å²) < 4.78 is 14.1. The van der Waals surface area contributed by atoms with Crippen LogP contribution in [0.5, 0.6) is 0 Å². The number of esters is 2. The highest BCUT2D eigenvalue weighted by atomic mass is 32.2. The number of carbonyl (C=O) groups is 2. The molecule has 0 radical (unpaired) electrons. The van der Waals surface area contributed by atoms with Crippen molar-refractivity contribution in [3.63, 3.8) is 0 Å². The SMILES string of the molecule is CC(C)(SOOO)C(=O)OCC1C2CC3C(=O)OC1C3C2. The highest BCUT2D eigenvalue weighted by Crippen LogP contribution is 2.57. The Kier molecular flexibility index (Phi) is 3.89. The summed E-state index contributed by atoms with van der Waals surface area (Å²) in [6, 6.07) is 0. The minimum absolute atomic E-state index is 0.0639. The summed E-state index contributed by atoms with van der Waals surface area (Å²) in [4.78, 5) is 23.7. The quantitative estimate of drug-likeness (QED) is 0.341. The van der Waals surface area contributed by atoms with Gasteiger partial charge in [-0.05, 0) is 32.6 Å². The molecule has 2 aliphatic carbocycles. The molecule has 118 valence electrons. The highest BCUT2D eigenvalue weighted by molar-refractivity contribution is 7.96. The van der Waals surface area contributed by atoms with E-state index in [0.717, 1.165) is 12.8 Å². The van der Waals surface area contributed by atoms with E-state index >= 15 is 0 Å². The van der Waals surface area contributed by atoms with Gasteiger partial charge >= 0.3 is 11.9 Å². The molecule has 5 atom stereocenters. The predicted octanol–water partition coefficient (Wildman–Crippen LogP) is 1.58. The zero-order valence-corrected chi connectivity index (χ0v) is 12.6. The molecule has 1 aliphatic heterocycles. The summed E-state index contributed by atoms with van der Waals surface area (Å²) in [6.07, 6.45) is 1.74. The van der Waals surface area contributed by atoms with Crippen molar-refractivity contribution >= 4 is 24.0 Å². The van der Waals surface area contributed by atoms with E-state index in [4.69, 9.17) is 14.7 Å². The molecule has 3 rings (SSSR count). The molecule has 7 nitrogen and oxygen atoms in total. The van der Waals surface area contributed by atoms with Crippen molar-refractivity contribution in [3.05, 3.63) is 0 Å². The molecule has 1 saturated heterocycles. The van der Waals surface area contributed by atoms with Crippen LogP contribution in [0.1, 0.15) is 26.7 Å². The first kappa shape index (κ1) is 15.1. The third kappa shape index (κ3) is 2.54. The van der Waals surface area contributed by atoms with Gasteiger partial charge in [0.1, 0.15) is 10.9 Å². The lowest BCUT2D eigenvalue weighted by Gasteiger charge is -2.26. The van der Waals surface area contributed by atoms with Crippen LogP contribution in [-0.4, -0.2) is 34.7 Å². The molecule has 8 heteroatoms. The standard InChI is InChI=1S/C13H18O7S/c1-13(2,21-20-19-16)12(15)17-5-9-6-3-7-8(4-6)11(14)18-10(7)9/h6-10,16H,3-5H2,1-2H3. The molecule has 0 amide bonds. The molecule has 1 N–H and O–H groups in total. The monoisotopic (exact) mass is 318 g/mol. The largest absolute Gasteiger partial charge is 0.464 e. The summed E-state index contributed by atoms with van der Waals surface area (Å²) >= 11 is 0.668. The summed E-state index contributed by atoms with van der Waals surface area (Å²) in [7, 11) is 0. The van der Waals surface area contributed by atoms with Gasteiger partial charge in [-0.15, -0.1) is 4.33 Å². The third-order valence-corrected chi connectivity index (χ3v) is 5.54. The number of rotatable bonds is 6. The van der Waals surface area contributed by atoms with E-state index in [0.29, 0.717) is 23.9 Å². The second-order valence-corrected chi connectivity index (χ2v) is 7.73. The van der Waals surface area contributed by atoms with Gasteiger partial charge in [0.2, 0.25) is 0 Å². The number of fused-ring (bicyclic) bond motifs is 1. The first-order valence-corrected chi connectivity index (χ1v) is 7.72. The van der Waals surface area contributed by atoms with E-state index in [1.54, 1.807) is 13.8 Å². The summed E-state index contributed by atoms with van der Waals surface area (Å²) in [5, 5.41) is 11.6. The molecule has 0 aromatic carbocycles. The lowest BCUT2D eigenvalue weighted by molar-refractivity contribution is -0.432. The van der Waals surface area contributed by atoms with Gasteiger partial charge in [0.05, 0.1) is 24.6 Å². The Morgan fingerprint density at radius 2 is 2.24 bits per heavy atom. The van der Waals surface area contributed by atoms with E-state index in [1.807, 2.05) is 0 Å². The van der Waals surface area contributed by atoms with Crippen molar-refractivity contribution < 1.29 is 33.7 Å². The Morgan fingerprint density at radius 1 is 1.48 bits per heavy atom. The number of ether oxygens (including phenoxy) is 2. The molecule has 2 saturated carbocycles. The van der Waals surface area contributed by atoms with Crippen LogP contribution in [0.2, 0.25) is 0 Å². The van der Waals surface area contributed by atoms with E-state index in [-0.39, 0.29) is 30.5 Å². The molecular weight excluding hydrogens is 300 g/mol. The average Bonchev–Trinajstić information content (AvgIpc) is 3.05. The highest BCUT2D eigenvalue weighted by Gasteiger charge is 2.61. The third-order valence-electron chi connectivity index (χ3n) is 4.82. The minimum atomic E-state index is -1.00. The molecule has 21 heavy (non-hydrogen) atoms. The van der Waals surface area contributed by atoms with Crippen molar-refractivity contribution in [3.8, 4) is 0 Å². The van der Waals surface area contributed by atoms with Gasteiger partial charge in [-0.2, -0.15) is 0 Å². The second-order valence-electron chi connectivity index (χ2n) is 6.40. The Balaban J connectivity index is 1.54. The van der Waals surface area contributed by atoms with Gasteiger partial charge in [-0.3, -0.25) is 9.59 Å². The van der Waals surface area contributed by atoms with E-state index in [2.05, 4.69) is 9.37 Å². The Bertz CT molecular complexity index is 452. The summed E-state index contributed by atoms with van der Waals surface area (Å²) in [5.74, 6) is 0.308.